The first kappa shape index (κ1) is 29.6. The zero-order chi connectivity index (χ0) is 27.8. The molecule has 0 aliphatic heterocycles. The van der Waals surface area contributed by atoms with Gasteiger partial charge in [0.2, 0.25) is 5.91 Å². The zero-order valence-corrected chi connectivity index (χ0v) is 22.6. The molecule has 0 saturated heterocycles. The van der Waals surface area contributed by atoms with Gasteiger partial charge in [-0.2, -0.15) is 0 Å². The molecule has 2 rings (SSSR count). The summed E-state index contributed by atoms with van der Waals surface area (Å²) in [6.45, 7) is 13.9. The predicted octanol–water partition coefficient (Wildman–Crippen LogP) is 4.83. The third-order valence-corrected chi connectivity index (χ3v) is 5.88. The minimum absolute atomic E-state index is 0.401. The average Bonchev–Trinajstić information content (AvgIpc) is 2.85. The maximum atomic E-state index is 13.9. The minimum atomic E-state index is -1.31. The second-order valence-electron chi connectivity index (χ2n) is 9.97. The summed E-state index contributed by atoms with van der Waals surface area (Å²) in [4.78, 5) is 41.6. The SMILES string of the molecule is C=Cc1cccc(C(C(=O)Nc2ccccc2C)N(C(=O)C(CO)NC(=O)OC(C)(C)C)C(C)CC)c1. The molecule has 200 valence electrons. The molecule has 8 heteroatoms. The summed E-state index contributed by atoms with van der Waals surface area (Å²) in [6, 6.07) is 11.8. The Kier molecular flexibility index (Phi) is 10.4. The number of amides is 3. The highest BCUT2D eigenvalue weighted by Gasteiger charge is 2.38. The van der Waals surface area contributed by atoms with Gasteiger partial charge in [-0.15, -0.1) is 0 Å². The number of carbonyl (C=O) groups is 3. The molecule has 0 heterocycles. The van der Waals surface area contributed by atoms with Crippen molar-refractivity contribution in [3.05, 3.63) is 71.8 Å². The Morgan fingerprint density at radius 3 is 2.38 bits per heavy atom. The van der Waals surface area contributed by atoms with E-state index >= 15 is 0 Å². The molecule has 0 bridgehead atoms. The minimum Gasteiger partial charge on any atom is -0.444 e. The van der Waals surface area contributed by atoms with Crippen molar-refractivity contribution in [1.29, 1.82) is 0 Å². The number of nitrogens with zero attached hydrogens (tertiary/aromatic N) is 1. The van der Waals surface area contributed by atoms with E-state index in [0.717, 1.165) is 11.1 Å². The summed E-state index contributed by atoms with van der Waals surface area (Å²) in [7, 11) is 0. The molecule has 0 aliphatic rings. The Morgan fingerprint density at radius 2 is 1.81 bits per heavy atom. The van der Waals surface area contributed by atoms with Gasteiger partial charge < -0.3 is 25.4 Å². The van der Waals surface area contributed by atoms with Gasteiger partial charge in [-0.1, -0.05) is 56.0 Å². The third-order valence-electron chi connectivity index (χ3n) is 5.88. The highest BCUT2D eigenvalue weighted by molar-refractivity contribution is 5.99. The number of para-hydroxylation sites is 1. The van der Waals surface area contributed by atoms with Crippen LogP contribution in [-0.4, -0.2) is 52.2 Å². The second-order valence-corrected chi connectivity index (χ2v) is 9.97. The molecule has 0 aromatic heterocycles. The van der Waals surface area contributed by atoms with Crippen molar-refractivity contribution < 1.29 is 24.2 Å². The molecule has 37 heavy (non-hydrogen) atoms. The van der Waals surface area contributed by atoms with Gasteiger partial charge in [0.05, 0.1) is 6.61 Å². The number of ether oxygens (including phenoxy) is 1. The van der Waals surface area contributed by atoms with Crippen LogP contribution in [-0.2, 0) is 14.3 Å². The summed E-state index contributed by atoms with van der Waals surface area (Å²) < 4.78 is 5.28. The standard InChI is InChI=1S/C29H39N3O5/c1-8-20(4)32(27(35)24(18-33)31-28(36)37-29(5,6)7)25(22-15-12-14-21(9-2)17-22)26(34)30-23-16-11-10-13-19(23)3/h9-17,20,24-25,33H,2,8,18H2,1,3-7H3,(H,30,34)(H,31,36). The number of aliphatic hydroxyl groups is 1. The van der Waals surface area contributed by atoms with Gasteiger partial charge in [-0.3, -0.25) is 9.59 Å². The molecule has 0 spiro atoms. The quantitative estimate of drug-likeness (QED) is 0.425. The van der Waals surface area contributed by atoms with Crippen LogP contribution in [0.5, 0.6) is 0 Å². The smallest absolute Gasteiger partial charge is 0.408 e. The van der Waals surface area contributed by atoms with Crippen molar-refractivity contribution >= 4 is 29.7 Å². The van der Waals surface area contributed by atoms with Crippen LogP contribution < -0.4 is 10.6 Å². The van der Waals surface area contributed by atoms with E-state index in [-0.39, 0.29) is 0 Å². The molecular weight excluding hydrogens is 470 g/mol. The van der Waals surface area contributed by atoms with E-state index in [1.54, 1.807) is 51.1 Å². The van der Waals surface area contributed by atoms with E-state index in [2.05, 4.69) is 17.2 Å². The van der Waals surface area contributed by atoms with Crippen molar-refractivity contribution in [2.45, 2.75) is 71.7 Å². The van der Waals surface area contributed by atoms with Crippen LogP contribution in [0.15, 0.2) is 55.1 Å². The summed E-state index contributed by atoms with van der Waals surface area (Å²) in [5.74, 6) is -1.02. The molecule has 0 saturated carbocycles. The lowest BCUT2D eigenvalue weighted by atomic mass is 9.98. The summed E-state index contributed by atoms with van der Waals surface area (Å²) in [6.07, 6.45) is 1.36. The van der Waals surface area contributed by atoms with Crippen molar-refractivity contribution in [2.24, 2.45) is 0 Å². The van der Waals surface area contributed by atoms with Crippen molar-refractivity contribution in [3.8, 4) is 0 Å². The average molecular weight is 510 g/mol. The molecule has 0 aliphatic carbocycles. The lowest BCUT2D eigenvalue weighted by Gasteiger charge is -2.38. The first-order valence-electron chi connectivity index (χ1n) is 12.4. The fraction of sp³-hybridized carbons (Fsp3) is 0.414. The highest BCUT2D eigenvalue weighted by Crippen LogP contribution is 2.29. The van der Waals surface area contributed by atoms with Crippen LogP contribution in [0.2, 0.25) is 0 Å². The number of alkyl carbamates (subject to hydrolysis) is 1. The predicted molar refractivity (Wildman–Crippen MR) is 146 cm³/mol. The van der Waals surface area contributed by atoms with Crippen LogP contribution in [0.3, 0.4) is 0 Å². The normalized spacial score (nSPS) is 13.6. The zero-order valence-electron chi connectivity index (χ0n) is 22.6. The van der Waals surface area contributed by atoms with E-state index in [4.69, 9.17) is 4.74 Å². The van der Waals surface area contributed by atoms with Crippen molar-refractivity contribution in [3.63, 3.8) is 0 Å². The summed E-state index contributed by atoms with van der Waals surface area (Å²) in [5, 5.41) is 15.5. The molecule has 0 radical (unpaired) electrons. The molecule has 8 nitrogen and oxygen atoms in total. The van der Waals surface area contributed by atoms with Gasteiger partial charge in [-0.05, 0) is 69.9 Å². The lowest BCUT2D eigenvalue weighted by Crippen LogP contribution is -2.56. The Morgan fingerprint density at radius 1 is 1.14 bits per heavy atom. The Bertz CT molecular complexity index is 1110. The highest BCUT2D eigenvalue weighted by atomic mass is 16.6. The monoisotopic (exact) mass is 509 g/mol. The van der Waals surface area contributed by atoms with Gasteiger partial charge >= 0.3 is 6.09 Å². The van der Waals surface area contributed by atoms with Gasteiger partial charge in [0, 0.05) is 11.7 Å². The first-order valence-corrected chi connectivity index (χ1v) is 12.4. The van der Waals surface area contributed by atoms with Crippen LogP contribution in [0, 0.1) is 6.92 Å². The van der Waals surface area contributed by atoms with E-state index in [1.165, 1.54) is 4.90 Å². The maximum absolute atomic E-state index is 13.9. The van der Waals surface area contributed by atoms with Crippen LogP contribution in [0.4, 0.5) is 10.5 Å². The first-order chi connectivity index (χ1) is 17.4. The number of benzene rings is 2. The number of nitrogens with one attached hydrogen (secondary N) is 2. The molecule has 2 aromatic carbocycles. The van der Waals surface area contributed by atoms with Gasteiger partial charge in [0.1, 0.15) is 17.7 Å². The Labute approximate surface area is 219 Å². The van der Waals surface area contributed by atoms with E-state index in [1.807, 2.05) is 45.0 Å². The maximum Gasteiger partial charge on any atom is 0.408 e. The number of hydrogen-bond acceptors (Lipinski definition) is 5. The van der Waals surface area contributed by atoms with Gasteiger partial charge in [0.25, 0.3) is 5.91 Å². The van der Waals surface area contributed by atoms with Gasteiger partial charge in [-0.25, -0.2) is 4.79 Å². The van der Waals surface area contributed by atoms with E-state index in [0.29, 0.717) is 17.7 Å². The lowest BCUT2D eigenvalue weighted by molar-refractivity contribution is -0.144. The number of carbonyl (C=O) groups excluding carboxylic acids is 3. The molecule has 0 fully saturated rings. The topological polar surface area (TPSA) is 108 Å². The van der Waals surface area contributed by atoms with Crippen molar-refractivity contribution in [2.75, 3.05) is 11.9 Å². The molecule has 3 atom stereocenters. The molecular formula is C29H39N3O5. The largest absolute Gasteiger partial charge is 0.444 e. The van der Waals surface area contributed by atoms with E-state index < -0.39 is 48.2 Å². The van der Waals surface area contributed by atoms with Gasteiger partial charge in [0.15, 0.2) is 0 Å². The Hall–Kier alpha value is -3.65. The second kappa shape index (κ2) is 13.1. The fourth-order valence-electron chi connectivity index (χ4n) is 3.82. The Balaban J connectivity index is 2.55. The van der Waals surface area contributed by atoms with Crippen LogP contribution >= 0.6 is 0 Å². The van der Waals surface area contributed by atoms with E-state index in [9.17, 15) is 19.5 Å². The van der Waals surface area contributed by atoms with Crippen LogP contribution in [0.25, 0.3) is 6.08 Å². The molecule has 2 aromatic rings. The fourth-order valence-corrected chi connectivity index (χ4v) is 3.82. The number of rotatable bonds is 10. The van der Waals surface area contributed by atoms with Crippen molar-refractivity contribution in [1.82, 2.24) is 10.2 Å². The summed E-state index contributed by atoms with van der Waals surface area (Å²) in [5.41, 5.74) is 2.07. The molecule has 3 unspecified atom stereocenters. The number of anilines is 1. The molecule has 3 N–H and O–H groups in total. The number of aliphatic hydroxyl groups excluding tert-OH is 1. The number of hydrogen-bond donors (Lipinski definition) is 3. The third kappa shape index (κ3) is 8.18. The summed E-state index contributed by atoms with van der Waals surface area (Å²) >= 11 is 0. The molecule has 3 amide bonds. The van der Waals surface area contributed by atoms with Crippen LogP contribution in [0.1, 0.15) is 63.8 Å². The number of aryl methyl sites for hydroxylation is 1.